The Morgan fingerprint density at radius 3 is 2.82 bits per heavy atom. The van der Waals surface area contributed by atoms with Gasteiger partial charge in [0.1, 0.15) is 0 Å². The Balaban J connectivity index is 1.84. The van der Waals surface area contributed by atoms with Gasteiger partial charge in [-0.15, -0.1) is 0 Å². The zero-order chi connectivity index (χ0) is 15.9. The average molecular weight is 357 g/mol. The van der Waals surface area contributed by atoms with Gasteiger partial charge in [0, 0.05) is 16.6 Å². The van der Waals surface area contributed by atoms with E-state index < -0.39 is 0 Å². The average Bonchev–Trinajstić information content (AvgIpc) is 2.49. The SMILES string of the molecule is Cc1cc(Br)ccc1CCCC(=O)Nc1cccc(C#N)c1. The lowest BCUT2D eigenvalue weighted by atomic mass is 10.0. The van der Waals surface area contributed by atoms with Crippen molar-refractivity contribution in [3.63, 3.8) is 0 Å². The standard InChI is InChI=1S/C18H17BrN2O/c1-13-10-16(19)9-8-15(13)5-3-7-18(22)21-17-6-2-4-14(11-17)12-20/h2,4,6,8-11H,3,5,7H2,1H3,(H,21,22). The van der Waals surface area contributed by atoms with E-state index in [-0.39, 0.29) is 5.91 Å². The maximum absolute atomic E-state index is 11.9. The number of nitriles is 1. The van der Waals surface area contributed by atoms with Crippen LogP contribution < -0.4 is 5.32 Å². The van der Waals surface area contributed by atoms with Gasteiger partial charge in [0.25, 0.3) is 0 Å². The Labute approximate surface area is 139 Å². The third kappa shape index (κ3) is 4.71. The predicted molar refractivity (Wildman–Crippen MR) is 91.6 cm³/mol. The number of benzene rings is 2. The van der Waals surface area contributed by atoms with Crippen molar-refractivity contribution in [1.29, 1.82) is 5.26 Å². The van der Waals surface area contributed by atoms with Crippen LogP contribution in [0, 0.1) is 18.3 Å². The number of aryl methyl sites for hydroxylation is 2. The van der Waals surface area contributed by atoms with Crippen LogP contribution in [0.2, 0.25) is 0 Å². The number of amides is 1. The van der Waals surface area contributed by atoms with Gasteiger partial charge >= 0.3 is 0 Å². The van der Waals surface area contributed by atoms with Crippen molar-refractivity contribution in [2.45, 2.75) is 26.2 Å². The molecule has 0 aliphatic heterocycles. The third-order valence-electron chi connectivity index (χ3n) is 3.43. The summed E-state index contributed by atoms with van der Waals surface area (Å²) in [5.74, 6) is -0.0233. The van der Waals surface area contributed by atoms with E-state index in [4.69, 9.17) is 5.26 Å². The first-order valence-electron chi connectivity index (χ1n) is 7.13. The Morgan fingerprint density at radius 2 is 2.09 bits per heavy atom. The summed E-state index contributed by atoms with van der Waals surface area (Å²) in [6.45, 7) is 2.08. The number of hydrogen-bond acceptors (Lipinski definition) is 2. The van der Waals surface area contributed by atoms with Crippen LogP contribution in [0.25, 0.3) is 0 Å². The normalized spacial score (nSPS) is 10.0. The molecule has 0 aliphatic rings. The smallest absolute Gasteiger partial charge is 0.224 e. The molecule has 0 saturated carbocycles. The van der Waals surface area contributed by atoms with E-state index in [2.05, 4.69) is 46.4 Å². The molecule has 2 rings (SSSR count). The molecular weight excluding hydrogens is 340 g/mol. The van der Waals surface area contributed by atoms with Crippen molar-refractivity contribution in [2.75, 3.05) is 5.32 Å². The molecule has 0 aromatic heterocycles. The second-order valence-electron chi connectivity index (χ2n) is 5.17. The van der Waals surface area contributed by atoms with Gasteiger partial charge in [-0.1, -0.05) is 28.1 Å². The van der Waals surface area contributed by atoms with Crippen molar-refractivity contribution >= 4 is 27.5 Å². The van der Waals surface area contributed by atoms with Crippen LogP contribution in [-0.2, 0) is 11.2 Å². The highest BCUT2D eigenvalue weighted by Crippen LogP contribution is 2.18. The van der Waals surface area contributed by atoms with Crippen molar-refractivity contribution in [3.8, 4) is 6.07 Å². The van der Waals surface area contributed by atoms with Crippen LogP contribution in [0.15, 0.2) is 46.9 Å². The minimum Gasteiger partial charge on any atom is -0.326 e. The molecule has 0 unspecified atom stereocenters. The molecule has 1 N–H and O–H groups in total. The monoisotopic (exact) mass is 356 g/mol. The number of nitrogens with one attached hydrogen (secondary N) is 1. The van der Waals surface area contributed by atoms with Crippen molar-refractivity contribution in [2.24, 2.45) is 0 Å². The highest BCUT2D eigenvalue weighted by atomic mass is 79.9. The summed E-state index contributed by atoms with van der Waals surface area (Å²) in [6, 6.07) is 15.2. The maximum atomic E-state index is 11.9. The lowest BCUT2D eigenvalue weighted by molar-refractivity contribution is -0.116. The van der Waals surface area contributed by atoms with E-state index in [1.54, 1.807) is 24.3 Å². The van der Waals surface area contributed by atoms with E-state index >= 15 is 0 Å². The molecule has 22 heavy (non-hydrogen) atoms. The Hall–Kier alpha value is -2.12. The van der Waals surface area contributed by atoms with E-state index in [1.165, 1.54) is 11.1 Å². The molecule has 0 heterocycles. The number of nitrogens with zero attached hydrogens (tertiary/aromatic N) is 1. The molecular formula is C18H17BrN2O. The first-order valence-corrected chi connectivity index (χ1v) is 7.93. The topological polar surface area (TPSA) is 52.9 Å². The van der Waals surface area contributed by atoms with Gasteiger partial charge in [0.2, 0.25) is 5.91 Å². The van der Waals surface area contributed by atoms with Gasteiger partial charge in [-0.3, -0.25) is 4.79 Å². The van der Waals surface area contributed by atoms with E-state index in [0.717, 1.165) is 17.3 Å². The first-order chi connectivity index (χ1) is 10.6. The molecule has 0 fully saturated rings. The summed E-state index contributed by atoms with van der Waals surface area (Å²) in [4.78, 5) is 11.9. The number of halogens is 1. The molecule has 0 bridgehead atoms. The Morgan fingerprint density at radius 1 is 1.27 bits per heavy atom. The minimum atomic E-state index is -0.0233. The fraction of sp³-hybridized carbons (Fsp3) is 0.222. The number of hydrogen-bond donors (Lipinski definition) is 1. The summed E-state index contributed by atoms with van der Waals surface area (Å²) in [5.41, 5.74) is 3.71. The molecule has 4 heteroatoms. The van der Waals surface area contributed by atoms with Gasteiger partial charge in [-0.2, -0.15) is 5.26 Å². The minimum absolute atomic E-state index is 0.0233. The summed E-state index contributed by atoms with van der Waals surface area (Å²) in [6.07, 6.45) is 2.14. The summed E-state index contributed by atoms with van der Waals surface area (Å²) >= 11 is 3.45. The van der Waals surface area contributed by atoms with E-state index in [0.29, 0.717) is 17.7 Å². The zero-order valence-corrected chi connectivity index (χ0v) is 14.0. The number of rotatable bonds is 5. The van der Waals surface area contributed by atoms with Crippen LogP contribution in [0.1, 0.15) is 29.5 Å². The van der Waals surface area contributed by atoms with E-state index in [1.807, 2.05) is 6.07 Å². The quantitative estimate of drug-likeness (QED) is 0.851. The fourth-order valence-corrected chi connectivity index (χ4v) is 2.74. The molecule has 3 nitrogen and oxygen atoms in total. The summed E-state index contributed by atoms with van der Waals surface area (Å²) in [5, 5.41) is 11.7. The highest BCUT2D eigenvalue weighted by Gasteiger charge is 2.05. The molecule has 2 aromatic rings. The highest BCUT2D eigenvalue weighted by molar-refractivity contribution is 9.10. The van der Waals surface area contributed by atoms with Crippen LogP contribution in [-0.4, -0.2) is 5.91 Å². The van der Waals surface area contributed by atoms with Crippen LogP contribution in [0.3, 0.4) is 0 Å². The zero-order valence-electron chi connectivity index (χ0n) is 12.4. The Bertz CT molecular complexity index is 719. The van der Waals surface area contributed by atoms with Gasteiger partial charge in [-0.25, -0.2) is 0 Å². The molecule has 0 spiro atoms. The number of carbonyl (C=O) groups is 1. The second-order valence-corrected chi connectivity index (χ2v) is 6.08. The lowest BCUT2D eigenvalue weighted by Gasteiger charge is -2.07. The third-order valence-corrected chi connectivity index (χ3v) is 3.92. The molecule has 1 amide bonds. The maximum Gasteiger partial charge on any atom is 0.224 e. The van der Waals surface area contributed by atoms with Crippen LogP contribution >= 0.6 is 15.9 Å². The molecule has 0 atom stereocenters. The fourth-order valence-electron chi connectivity index (χ4n) is 2.27. The lowest BCUT2D eigenvalue weighted by Crippen LogP contribution is -2.11. The number of carbonyl (C=O) groups excluding carboxylic acids is 1. The number of anilines is 1. The molecule has 0 saturated heterocycles. The second kappa shape index (κ2) is 7.77. The van der Waals surface area contributed by atoms with Gasteiger partial charge in [0.05, 0.1) is 11.6 Å². The molecule has 0 radical (unpaired) electrons. The summed E-state index contributed by atoms with van der Waals surface area (Å²) < 4.78 is 1.07. The summed E-state index contributed by atoms with van der Waals surface area (Å²) in [7, 11) is 0. The van der Waals surface area contributed by atoms with Crippen LogP contribution in [0.4, 0.5) is 5.69 Å². The largest absolute Gasteiger partial charge is 0.326 e. The first kappa shape index (κ1) is 16.3. The Kier molecular flexibility index (Phi) is 5.74. The molecule has 2 aromatic carbocycles. The van der Waals surface area contributed by atoms with Gasteiger partial charge in [0.15, 0.2) is 0 Å². The molecule has 112 valence electrons. The van der Waals surface area contributed by atoms with Crippen molar-refractivity contribution < 1.29 is 4.79 Å². The predicted octanol–water partition coefficient (Wildman–Crippen LogP) is 4.59. The van der Waals surface area contributed by atoms with Crippen molar-refractivity contribution in [1.82, 2.24) is 0 Å². The molecule has 0 aliphatic carbocycles. The van der Waals surface area contributed by atoms with Gasteiger partial charge in [-0.05, 0) is 61.2 Å². The van der Waals surface area contributed by atoms with Crippen LogP contribution in [0.5, 0.6) is 0 Å². The van der Waals surface area contributed by atoms with E-state index in [9.17, 15) is 4.79 Å². The van der Waals surface area contributed by atoms with Gasteiger partial charge < -0.3 is 5.32 Å². The van der Waals surface area contributed by atoms with Crippen molar-refractivity contribution in [3.05, 3.63) is 63.6 Å².